The van der Waals surface area contributed by atoms with E-state index in [1.165, 1.54) is 11.9 Å². The topological polar surface area (TPSA) is 57.5 Å². The molecule has 2 rings (SSSR count). The molecule has 0 saturated heterocycles. The van der Waals surface area contributed by atoms with Crippen molar-refractivity contribution in [2.24, 2.45) is 4.99 Å². The van der Waals surface area contributed by atoms with Crippen LogP contribution in [-0.2, 0) is 0 Å². The maximum atomic E-state index is 8.49. The molecule has 0 saturated carbocycles. The predicted octanol–water partition coefficient (Wildman–Crippen LogP) is 3.46. The average Bonchev–Trinajstić information content (AvgIpc) is 2.39. The molecule has 0 bridgehead atoms. The van der Waals surface area contributed by atoms with Crippen LogP contribution in [0.1, 0.15) is 5.56 Å². The molecule has 1 aromatic heterocycles. The van der Waals surface area contributed by atoms with E-state index in [2.05, 4.69) is 38.0 Å². The lowest BCUT2D eigenvalue weighted by molar-refractivity contribution is 0.240. The zero-order valence-electron chi connectivity index (χ0n) is 9.76. The second-order valence-electron chi connectivity index (χ2n) is 3.75. The predicted molar refractivity (Wildman–Crippen MR) is 75.2 cm³/mol. The first kappa shape index (κ1) is 12.7. The number of pyridine rings is 1. The molecule has 0 aliphatic heterocycles. The molecule has 2 aromatic rings. The molecule has 0 fully saturated rings. The summed E-state index contributed by atoms with van der Waals surface area (Å²) in [4.78, 5) is 8.11. The van der Waals surface area contributed by atoms with Crippen LogP contribution in [0.4, 0.5) is 5.82 Å². The molecule has 0 amide bonds. The van der Waals surface area contributed by atoms with Crippen molar-refractivity contribution in [3.8, 4) is 11.1 Å². The highest BCUT2D eigenvalue weighted by atomic mass is 79.9. The number of hydrogen-bond acceptors (Lipinski definition) is 3. The molecule has 4 nitrogen and oxygen atoms in total. The Bertz CT molecular complexity index is 567. The number of nitrogens with one attached hydrogen (secondary N) is 1. The van der Waals surface area contributed by atoms with Crippen LogP contribution in [0.25, 0.3) is 11.1 Å². The van der Waals surface area contributed by atoms with Crippen molar-refractivity contribution < 1.29 is 5.21 Å². The molecule has 0 aliphatic carbocycles. The Kier molecular flexibility index (Phi) is 4.07. The molecular formula is C13H12BrN3O. The second kappa shape index (κ2) is 5.75. The van der Waals surface area contributed by atoms with E-state index in [0.29, 0.717) is 5.82 Å². The van der Waals surface area contributed by atoms with E-state index in [9.17, 15) is 0 Å². The van der Waals surface area contributed by atoms with Gasteiger partial charge in [0.2, 0.25) is 0 Å². The fourth-order valence-electron chi connectivity index (χ4n) is 1.57. The standard InChI is InChI=1S/C13H12BrN3O/c1-9-2-4-10(5-3-9)11-6-7-15-13(12(11)14)16-8-17-18/h2-8,18H,1H3,(H,15,16,17). The van der Waals surface area contributed by atoms with Crippen LogP contribution in [0.5, 0.6) is 0 Å². The number of aromatic nitrogens is 1. The maximum absolute atomic E-state index is 8.49. The van der Waals surface area contributed by atoms with Crippen LogP contribution in [0, 0.1) is 6.92 Å². The summed E-state index contributed by atoms with van der Waals surface area (Å²) < 4.78 is 0.792. The lowest BCUT2D eigenvalue weighted by Gasteiger charge is -2.06. The van der Waals surface area contributed by atoms with Crippen LogP contribution >= 0.6 is 15.9 Å². The molecule has 92 valence electrons. The molecule has 0 radical (unpaired) electrons. The highest BCUT2D eigenvalue weighted by Crippen LogP contribution is 2.33. The van der Waals surface area contributed by atoms with Crippen molar-refractivity contribution in [3.05, 3.63) is 46.6 Å². The van der Waals surface area contributed by atoms with Crippen molar-refractivity contribution in [1.82, 2.24) is 10.5 Å². The van der Waals surface area contributed by atoms with E-state index in [1.54, 1.807) is 6.20 Å². The summed E-state index contributed by atoms with van der Waals surface area (Å²) >= 11 is 3.48. The molecule has 0 aliphatic rings. The molecule has 0 spiro atoms. The minimum absolute atomic E-state index is 0.509. The van der Waals surface area contributed by atoms with Gasteiger partial charge in [-0.05, 0) is 34.5 Å². The summed E-state index contributed by atoms with van der Waals surface area (Å²) in [6, 6.07) is 10.1. The zero-order valence-corrected chi connectivity index (χ0v) is 11.3. The Labute approximate surface area is 113 Å². The SMILES string of the molecule is Cc1ccc(-c2ccnc(N=CNO)c2Br)cc1. The highest BCUT2D eigenvalue weighted by Gasteiger charge is 2.07. The first-order valence-electron chi connectivity index (χ1n) is 5.36. The summed E-state index contributed by atoms with van der Waals surface area (Å²) in [7, 11) is 0. The fourth-order valence-corrected chi connectivity index (χ4v) is 2.13. The number of halogens is 1. The molecule has 1 heterocycles. The van der Waals surface area contributed by atoms with Gasteiger partial charge in [-0.1, -0.05) is 29.8 Å². The number of aryl methyl sites for hydroxylation is 1. The van der Waals surface area contributed by atoms with E-state index in [-0.39, 0.29) is 0 Å². The molecule has 0 unspecified atom stereocenters. The van der Waals surface area contributed by atoms with Crippen LogP contribution < -0.4 is 5.48 Å². The molecular weight excluding hydrogens is 294 g/mol. The Hall–Kier alpha value is -1.72. The Balaban J connectivity index is 2.45. The van der Waals surface area contributed by atoms with Gasteiger partial charge >= 0.3 is 0 Å². The van der Waals surface area contributed by atoms with E-state index in [4.69, 9.17) is 5.21 Å². The number of aliphatic imine (C=N–C) groups is 1. The van der Waals surface area contributed by atoms with Gasteiger partial charge in [0.25, 0.3) is 0 Å². The van der Waals surface area contributed by atoms with E-state index in [1.807, 2.05) is 30.6 Å². The maximum Gasteiger partial charge on any atom is 0.168 e. The first-order chi connectivity index (χ1) is 8.72. The van der Waals surface area contributed by atoms with Gasteiger partial charge in [-0.3, -0.25) is 10.7 Å². The Morgan fingerprint density at radius 2 is 2.00 bits per heavy atom. The fraction of sp³-hybridized carbons (Fsp3) is 0.0769. The van der Waals surface area contributed by atoms with Crippen LogP contribution in [0.2, 0.25) is 0 Å². The van der Waals surface area contributed by atoms with Crippen LogP contribution in [0.15, 0.2) is 46.0 Å². The minimum Gasteiger partial charge on any atom is -0.290 e. The van der Waals surface area contributed by atoms with Crippen LogP contribution in [0.3, 0.4) is 0 Å². The molecule has 0 atom stereocenters. The van der Waals surface area contributed by atoms with Crippen LogP contribution in [-0.4, -0.2) is 16.5 Å². The number of hydroxylamine groups is 1. The van der Waals surface area contributed by atoms with Gasteiger partial charge in [-0.2, -0.15) is 0 Å². The Morgan fingerprint density at radius 3 is 2.67 bits per heavy atom. The Morgan fingerprint density at radius 1 is 1.28 bits per heavy atom. The van der Waals surface area contributed by atoms with Crippen molar-refractivity contribution in [3.63, 3.8) is 0 Å². The summed E-state index contributed by atoms with van der Waals surface area (Å²) in [6.07, 6.45) is 2.86. The van der Waals surface area contributed by atoms with Gasteiger partial charge in [0, 0.05) is 11.8 Å². The van der Waals surface area contributed by atoms with Gasteiger partial charge < -0.3 is 0 Å². The third kappa shape index (κ3) is 2.75. The lowest BCUT2D eigenvalue weighted by Crippen LogP contribution is -2.01. The van der Waals surface area contributed by atoms with E-state index < -0.39 is 0 Å². The average molecular weight is 306 g/mol. The molecule has 2 N–H and O–H groups in total. The normalized spacial score (nSPS) is 10.8. The quantitative estimate of drug-likeness (QED) is 0.519. The van der Waals surface area contributed by atoms with Gasteiger partial charge in [-0.15, -0.1) is 0 Å². The zero-order chi connectivity index (χ0) is 13.0. The van der Waals surface area contributed by atoms with Gasteiger partial charge in [0.15, 0.2) is 5.82 Å². The summed E-state index contributed by atoms with van der Waals surface area (Å²) in [5.74, 6) is 0.509. The number of benzene rings is 1. The van der Waals surface area contributed by atoms with Crippen molar-refractivity contribution in [2.45, 2.75) is 6.92 Å². The summed E-state index contributed by atoms with van der Waals surface area (Å²) in [5, 5.41) is 8.49. The van der Waals surface area contributed by atoms with Gasteiger partial charge in [-0.25, -0.2) is 9.98 Å². The summed E-state index contributed by atoms with van der Waals surface area (Å²) in [5.41, 5.74) is 5.17. The minimum atomic E-state index is 0.509. The molecule has 5 heteroatoms. The van der Waals surface area contributed by atoms with E-state index >= 15 is 0 Å². The third-order valence-corrected chi connectivity index (χ3v) is 3.26. The number of hydrogen-bond donors (Lipinski definition) is 2. The summed E-state index contributed by atoms with van der Waals surface area (Å²) in [6.45, 7) is 2.05. The van der Waals surface area contributed by atoms with Gasteiger partial charge in [0.1, 0.15) is 6.34 Å². The van der Waals surface area contributed by atoms with Crippen molar-refractivity contribution >= 4 is 28.1 Å². The van der Waals surface area contributed by atoms with Crippen molar-refractivity contribution in [2.75, 3.05) is 0 Å². The lowest BCUT2D eigenvalue weighted by atomic mass is 10.1. The smallest absolute Gasteiger partial charge is 0.168 e. The van der Waals surface area contributed by atoms with Crippen molar-refractivity contribution in [1.29, 1.82) is 0 Å². The first-order valence-corrected chi connectivity index (χ1v) is 6.15. The number of rotatable bonds is 3. The third-order valence-electron chi connectivity index (χ3n) is 2.48. The van der Waals surface area contributed by atoms with E-state index in [0.717, 1.165) is 15.6 Å². The number of nitrogens with zero attached hydrogens (tertiary/aromatic N) is 2. The largest absolute Gasteiger partial charge is 0.290 e. The molecule has 1 aromatic carbocycles. The monoisotopic (exact) mass is 305 g/mol. The highest BCUT2D eigenvalue weighted by molar-refractivity contribution is 9.10. The molecule has 18 heavy (non-hydrogen) atoms. The second-order valence-corrected chi connectivity index (χ2v) is 4.54. The van der Waals surface area contributed by atoms with Gasteiger partial charge in [0.05, 0.1) is 4.47 Å².